The Bertz CT molecular complexity index is 1070. The topological polar surface area (TPSA) is 51.2 Å². The zero-order valence-corrected chi connectivity index (χ0v) is 17.4. The molecule has 0 aliphatic heterocycles. The Morgan fingerprint density at radius 1 is 0.839 bits per heavy atom. The standard InChI is InChI=1S/C14H14O.C13H12N2O/c1-3-7-13(8-4-1)11-15-12-14-9-5-2-6-10-14;16-13(9-1-2-9)15-12-4-3-11-8-14-6-5-10(11)7-12/h1-10H,11-12H2;3-9H,1-2H2,(H,15,16). The van der Waals surface area contributed by atoms with Gasteiger partial charge in [-0.25, -0.2) is 0 Å². The molecule has 1 aliphatic rings. The number of carbonyl (C=O) groups is 1. The summed E-state index contributed by atoms with van der Waals surface area (Å²) in [6.45, 7) is 1.35. The van der Waals surface area contributed by atoms with Gasteiger partial charge in [-0.3, -0.25) is 9.78 Å². The number of rotatable bonds is 6. The number of hydrogen-bond acceptors (Lipinski definition) is 3. The average molecular weight is 411 g/mol. The van der Waals surface area contributed by atoms with Crippen LogP contribution in [0.25, 0.3) is 10.8 Å². The van der Waals surface area contributed by atoms with E-state index in [1.165, 1.54) is 11.1 Å². The second-order valence-electron chi connectivity index (χ2n) is 7.67. The highest BCUT2D eigenvalue weighted by Gasteiger charge is 2.29. The SMILES string of the molecule is O=C(Nc1ccc2cnccc2c1)C1CC1.c1ccc(COCc2ccccc2)cc1. The molecule has 1 N–H and O–H groups in total. The molecule has 1 saturated carbocycles. The Hall–Kier alpha value is -3.50. The van der Waals surface area contributed by atoms with Gasteiger partial charge in [-0.2, -0.15) is 0 Å². The van der Waals surface area contributed by atoms with E-state index in [1.807, 2.05) is 66.9 Å². The highest BCUT2D eigenvalue weighted by Crippen LogP contribution is 2.30. The molecular formula is C27H26N2O2. The first-order valence-electron chi connectivity index (χ1n) is 10.6. The molecule has 1 fully saturated rings. The van der Waals surface area contributed by atoms with E-state index in [0.717, 1.165) is 29.3 Å². The third-order valence-electron chi connectivity index (χ3n) is 5.08. The van der Waals surface area contributed by atoms with Gasteiger partial charge in [0.15, 0.2) is 0 Å². The fourth-order valence-electron chi connectivity index (χ4n) is 3.19. The number of anilines is 1. The fourth-order valence-corrected chi connectivity index (χ4v) is 3.19. The Labute approximate surface area is 182 Å². The van der Waals surface area contributed by atoms with Crippen molar-refractivity contribution in [2.45, 2.75) is 26.1 Å². The number of pyridine rings is 1. The van der Waals surface area contributed by atoms with E-state index < -0.39 is 0 Å². The van der Waals surface area contributed by atoms with Gasteiger partial charge in [0.1, 0.15) is 0 Å². The van der Waals surface area contributed by atoms with Gasteiger partial charge in [0.2, 0.25) is 5.91 Å². The van der Waals surface area contributed by atoms with Crippen LogP contribution in [0.3, 0.4) is 0 Å². The molecule has 3 aromatic carbocycles. The van der Waals surface area contributed by atoms with Crippen molar-refractivity contribution in [3.63, 3.8) is 0 Å². The van der Waals surface area contributed by atoms with Crippen molar-refractivity contribution in [1.29, 1.82) is 0 Å². The molecule has 0 unspecified atom stereocenters. The predicted octanol–water partition coefficient (Wildman–Crippen LogP) is 5.99. The van der Waals surface area contributed by atoms with Crippen molar-refractivity contribution in [1.82, 2.24) is 4.98 Å². The fraction of sp³-hybridized carbons (Fsp3) is 0.185. The summed E-state index contributed by atoms with van der Waals surface area (Å²) in [5.74, 6) is 0.390. The van der Waals surface area contributed by atoms with E-state index in [0.29, 0.717) is 13.2 Å². The van der Waals surface area contributed by atoms with Crippen LogP contribution in [0, 0.1) is 5.92 Å². The van der Waals surface area contributed by atoms with E-state index in [9.17, 15) is 4.79 Å². The predicted molar refractivity (Wildman–Crippen MR) is 124 cm³/mol. The van der Waals surface area contributed by atoms with Gasteiger partial charge in [-0.15, -0.1) is 0 Å². The first-order chi connectivity index (χ1) is 15.3. The lowest BCUT2D eigenvalue weighted by molar-refractivity contribution is -0.117. The molecule has 4 nitrogen and oxygen atoms in total. The maximum Gasteiger partial charge on any atom is 0.227 e. The number of aromatic nitrogens is 1. The van der Waals surface area contributed by atoms with Crippen LogP contribution in [-0.4, -0.2) is 10.9 Å². The minimum Gasteiger partial charge on any atom is -0.372 e. The smallest absolute Gasteiger partial charge is 0.227 e. The maximum absolute atomic E-state index is 11.6. The zero-order chi connectivity index (χ0) is 21.3. The van der Waals surface area contributed by atoms with Gasteiger partial charge in [0.05, 0.1) is 13.2 Å². The highest BCUT2D eigenvalue weighted by atomic mass is 16.5. The molecule has 1 amide bonds. The molecule has 1 heterocycles. The number of nitrogens with zero attached hydrogens (tertiary/aromatic N) is 1. The molecule has 4 aromatic rings. The third-order valence-corrected chi connectivity index (χ3v) is 5.08. The van der Waals surface area contributed by atoms with Gasteiger partial charge in [-0.1, -0.05) is 66.7 Å². The van der Waals surface area contributed by atoms with E-state index >= 15 is 0 Å². The van der Waals surface area contributed by atoms with Crippen LogP contribution in [0.5, 0.6) is 0 Å². The van der Waals surface area contributed by atoms with E-state index in [4.69, 9.17) is 4.74 Å². The van der Waals surface area contributed by atoms with Crippen molar-refractivity contribution >= 4 is 22.4 Å². The molecule has 31 heavy (non-hydrogen) atoms. The Morgan fingerprint density at radius 2 is 1.48 bits per heavy atom. The van der Waals surface area contributed by atoms with Gasteiger partial charge in [-0.05, 0) is 47.6 Å². The van der Waals surface area contributed by atoms with Crippen LogP contribution < -0.4 is 5.32 Å². The third kappa shape index (κ3) is 6.49. The molecule has 0 saturated heterocycles. The first kappa shape index (κ1) is 20.8. The summed E-state index contributed by atoms with van der Waals surface area (Å²) < 4.78 is 5.61. The minimum absolute atomic E-state index is 0.147. The molecule has 1 aliphatic carbocycles. The lowest BCUT2D eigenvalue weighted by atomic mass is 10.1. The Balaban J connectivity index is 0.000000150. The minimum atomic E-state index is 0.147. The van der Waals surface area contributed by atoms with Crippen LogP contribution in [0.2, 0.25) is 0 Å². The monoisotopic (exact) mass is 410 g/mol. The second kappa shape index (κ2) is 10.5. The number of amides is 1. The zero-order valence-electron chi connectivity index (χ0n) is 17.4. The molecule has 0 radical (unpaired) electrons. The lowest BCUT2D eigenvalue weighted by Gasteiger charge is -2.05. The number of ether oxygens (including phenoxy) is 1. The normalized spacial score (nSPS) is 12.6. The van der Waals surface area contributed by atoms with Crippen molar-refractivity contribution in [3.05, 3.63) is 108 Å². The largest absolute Gasteiger partial charge is 0.372 e. The summed E-state index contributed by atoms with van der Waals surface area (Å²) in [5.41, 5.74) is 3.30. The maximum atomic E-state index is 11.6. The van der Waals surface area contributed by atoms with Gasteiger partial charge in [0, 0.05) is 29.4 Å². The average Bonchev–Trinajstić information content (AvgIpc) is 3.67. The summed E-state index contributed by atoms with van der Waals surface area (Å²) >= 11 is 0. The highest BCUT2D eigenvalue weighted by molar-refractivity contribution is 5.96. The number of benzene rings is 3. The molecule has 5 rings (SSSR count). The Kier molecular flexibility index (Phi) is 7.04. The summed E-state index contributed by atoms with van der Waals surface area (Å²) in [7, 11) is 0. The van der Waals surface area contributed by atoms with Crippen LogP contribution in [-0.2, 0) is 22.7 Å². The van der Waals surface area contributed by atoms with Gasteiger partial charge >= 0.3 is 0 Å². The summed E-state index contributed by atoms with van der Waals surface area (Å²) in [4.78, 5) is 15.6. The molecule has 156 valence electrons. The Morgan fingerprint density at radius 3 is 2.10 bits per heavy atom. The second-order valence-corrected chi connectivity index (χ2v) is 7.67. The van der Waals surface area contributed by atoms with E-state index in [-0.39, 0.29) is 11.8 Å². The molecule has 0 bridgehead atoms. The molecular weight excluding hydrogens is 384 g/mol. The van der Waals surface area contributed by atoms with Crippen molar-refractivity contribution < 1.29 is 9.53 Å². The van der Waals surface area contributed by atoms with Crippen LogP contribution in [0.1, 0.15) is 24.0 Å². The summed E-state index contributed by atoms with van der Waals surface area (Å²) in [6, 6.07) is 28.3. The number of hydrogen-bond donors (Lipinski definition) is 1. The number of carbonyl (C=O) groups excluding carboxylic acids is 1. The van der Waals surface area contributed by atoms with Crippen molar-refractivity contribution in [3.8, 4) is 0 Å². The van der Waals surface area contributed by atoms with Gasteiger partial charge < -0.3 is 10.1 Å². The van der Waals surface area contributed by atoms with Crippen molar-refractivity contribution in [2.75, 3.05) is 5.32 Å². The first-order valence-corrected chi connectivity index (χ1v) is 10.6. The van der Waals surface area contributed by atoms with Crippen LogP contribution in [0.4, 0.5) is 5.69 Å². The summed E-state index contributed by atoms with van der Waals surface area (Å²) in [5, 5.41) is 5.13. The number of nitrogens with one attached hydrogen (secondary N) is 1. The number of fused-ring (bicyclic) bond motifs is 1. The van der Waals surface area contributed by atoms with Gasteiger partial charge in [0.25, 0.3) is 0 Å². The quantitative estimate of drug-likeness (QED) is 0.425. The summed E-state index contributed by atoms with van der Waals surface area (Å²) in [6.07, 6.45) is 5.64. The van der Waals surface area contributed by atoms with Crippen LogP contribution in [0.15, 0.2) is 97.3 Å². The lowest BCUT2D eigenvalue weighted by Crippen LogP contribution is -2.12. The van der Waals surface area contributed by atoms with E-state index in [1.54, 1.807) is 6.20 Å². The molecule has 1 aromatic heterocycles. The molecule has 0 spiro atoms. The van der Waals surface area contributed by atoms with Crippen LogP contribution >= 0.6 is 0 Å². The van der Waals surface area contributed by atoms with E-state index in [2.05, 4.69) is 34.6 Å². The molecule has 0 atom stereocenters. The van der Waals surface area contributed by atoms with Crippen molar-refractivity contribution in [2.24, 2.45) is 5.92 Å². The molecule has 4 heteroatoms.